The first-order valence-electron chi connectivity index (χ1n) is 3.63. The van der Waals surface area contributed by atoms with Gasteiger partial charge in [0.1, 0.15) is 6.54 Å². The Morgan fingerprint density at radius 3 is 3.40 bits per heavy atom. The summed E-state index contributed by atoms with van der Waals surface area (Å²) < 4.78 is 0. The van der Waals surface area contributed by atoms with Crippen molar-refractivity contribution >= 4 is 5.71 Å². The van der Waals surface area contributed by atoms with E-state index in [1.807, 2.05) is 0 Å². The minimum absolute atomic E-state index is 0.989. The van der Waals surface area contributed by atoms with E-state index in [4.69, 9.17) is 0 Å². The molecular weight excluding hydrogens is 122 g/mol. The molecule has 1 aliphatic carbocycles. The lowest BCUT2D eigenvalue weighted by Crippen LogP contribution is -2.07. The predicted molar refractivity (Wildman–Crippen MR) is 41.8 cm³/mol. The molecule has 2 aliphatic rings. The molecule has 0 spiro atoms. The van der Waals surface area contributed by atoms with E-state index < -0.39 is 0 Å². The summed E-state index contributed by atoms with van der Waals surface area (Å²) in [7, 11) is 0. The van der Waals surface area contributed by atoms with Crippen molar-refractivity contribution in [2.45, 2.75) is 19.3 Å². The first-order chi connectivity index (χ1) is 4.97. The van der Waals surface area contributed by atoms with Crippen LogP contribution >= 0.6 is 0 Å². The summed E-state index contributed by atoms with van der Waals surface area (Å²) in [5.41, 5.74) is 2.53. The largest absolute Gasteiger partial charge is 0.273 e. The van der Waals surface area contributed by atoms with Crippen molar-refractivity contribution in [3.05, 3.63) is 30.3 Å². The zero-order valence-electron chi connectivity index (χ0n) is 5.80. The maximum Gasteiger partial charge on any atom is 0.117 e. The Hall–Kier alpha value is -0.850. The molecule has 50 valence electrons. The van der Waals surface area contributed by atoms with E-state index in [0.29, 0.717) is 0 Å². The van der Waals surface area contributed by atoms with Gasteiger partial charge in [-0.05, 0) is 30.9 Å². The zero-order chi connectivity index (χ0) is 6.81. The van der Waals surface area contributed by atoms with Crippen LogP contribution in [0.5, 0.6) is 0 Å². The van der Waals surface area contributed by atoms with Crippen LogP contribution in [0.2, 0.25) is 0 Å². The smallest absolute Gasteiger partial charge is 0.117 e. The summed E-state index contributed by atoms with van der Waals surface area (Å²) in [6.45, 7) is 2.98. The van der Waals surface area contributed by atoms with Gasteiger partial charge in [0.15, 0.2) is 0 Å². The van der Waals surface area contributed by atoms with Crippen molar-refractivity contribution in [2.75, 3.05) is 0 Å². The van der Waals surface area contributed by atoms with Crippen molar-refractivity contribution < 1.29 is 0 Å². The third-order valence-electron chi connectivity index (χ3n) is 1.81. The zero-order valence-corrected chi connectivity index (χ0v) is 5.80. The lowest BCUT2D eigenvalue weighted by molar-refractivity contribution is 0.899. The van der Waals surface area contributed by atoms with E-state index in [-0.39, 0.29) is 0 Å². The topological polar surface area (TPSA) is 12.4 Å². The van der Waals surface area contributed by atoms with E-state index in [9.17, 15) is 0 Å². The van der Waals surface area contributed by atoms with Crippen LogP contribution in [-0.2, 0) is 0 Å². The molecule has 0 aromatic carbocycles. The monoisotopic (exact) mass is 131 g/mol. The summed E-state index contributed by atoms with van der Waals surface area (Å²) in [5.74, 6) is 0. The normalized spacial score (nSPS) is 23.2. The van der Waals surface area contributed by atoms with Crippen molar-refractivity contribution in [2.24, 2.45) is 4.99 Å². The van der Waals surface area contributed by atoms with Gasteiger partial charge in [-0.3, -0.25) is 4.99 Å². The first-order valence-corrected chi connectivity index (χ1v) is 3.63. The van der Waals surface area contributed by atoms with Crippen molar-refractivity contribution in [3.8, 4) is 0 Å². The molecule has 10 heavy (non-hydrogen) atoms. The summed E-state index contributed by atoms with van der Waals surface area (Å²) >= 11 is 0. The van der Waals surface area contributed by atoms with Gasteiger partial charge in [0.25, 0.3) is 0 Å². The standard InChI is InChI=1S/C9H9N/c1-2-6-9-8(4-1)5-3-7-10-9/h2,4,6H,1,3,5H2. The van der Waals surface area contributed by atoms with Crippen molar-refractivity contribution in [3.63, 3.8) is 0 Å². The van der Waals surface area contributed by atoms with Crippen LogP contribution < -0.4 is 0 Å². The highest BCUT2D eigenvalue weighted by Gasteiger charge is 2.10. The molecule has 0 saturated heterocycles. The number of nitrogens with zero attached hydrogens (tertiary/aromatic N) is 1. The van der Waals surface area contributed by atoms with E-state index in [1.54, 1.807) is 0 Å². The second-order valence-electron chi connectivity index (χ2n) is 2.52. The number of allylic oxidation sites excluding steroid dienone is 4. The van der Waals surface area contributed by atoms with E-state index in [0.717, 1.165) is 25.0 Å². The van der Waals surface area contributed by atoms with Gasteiger partial charge >= 0.3 is 0 Å². The van der Waals surface area contributed by atoms with Crippen LogP contribution in [-0.4, -0.2) is 5.71 Å². The fourth-order valence-electron chi connectivity index (χ4n) is 1.27. The van der Waals surface area contributed by atoms with E-state index in [2.05, 4.69) is 29.8 Å². The summed E-state index contributed by atoms with van der Waals surface area (Å²) in [6.07, 6.45) is 9.66. The van der Waals surface area contributed by atoms with Crippen LogP contribution in [0, 0.1) is 6.54 Å². The Morgan fingerprint density at radius 2 is 2.50 bits per heavy atom. The fraction of sp³-hybridized carbons (Fsp3) is 0.333. The molecule has 0 aromatic rings. The SMILES string of the molecule is [C]1CCC2=CCC=CC2=N1. The maximum absolute atomic E-state index is 4.16. The Bertz CT molecular complexity index is 221. The Kier molecular flexibility index (Phi) is 1.42. The molecule has 0 bridgehead atoms. The fourth-order valence-corrected chi connectivity index (χ4v) is 1.27. The molecule has 2 radical (unpaired) electrons. The first kappa shape index (κ1) is 5.90. The van der Waals surface area contributed by atoms with Crippen LogP contribution in [0.25, 0.3) is 0 Å². The molecular formula is C9H9N. The van der Waals surface area contributed by atoms with Gasteiger partial charge in [-0.15, -0.1) is 0 Å². The number of fused-ring (bicyclic) bond motifs is 1. The highest BCUT2D eigenvalue weighted by molar-refractivity contribution is 6.09. The molecule has 0 amide bonds. The third-order valence-corrected chi connectivity index (χ3v) is 1.81. The van der Waals surface area contributed by atoms with Crippen LogP contribution in [0.1, 0.15) is 19.3 Å². The second-order valence-corrected chi connectivity index (χ2v) is 2.52. The number of aliphatic imine (C=N–C) groups is 1. The Labute approximate surface area is 61.2 Å². The molecule has 1 heteroatoms. The van der Waals surface area contributed by atoms with Gasteiger partial charge in [-0.2, -0.15) is 0 Å². The molecule has 0 fully saturated rings. The minimum Gasteiger partial charge on any atom is -0.273 e. The van der Waals surface area contributed by atoms with Crippen LogP contribution in [0.4, 0.5) is 0 Å². The summed E-state index contributed by atoms with van der Waals surface area (Å²) in [6, 6.07) is 0. The highest BCUT2D eigenvalue weighted by atomic mass is 14.7. The molecule has 0 atom stereocenters. The summed E-state index contributed by atoms with van der Waals surface area (Å²) in [5, 5.41) is 0. The van der Waals surface area contributed by atoms with Crippen molar-refractivity contribution in [1.82, 2.24) is 0 Å². The average Bonchev–Trinajstić information content (AvgIpc) is 2.05. The predicted octanol–water partition coefficient (Wildman–Crippen LogP) is 2.15. The van der Waals surface area contributed by atoms with Gasteiger partial charge < -0.3 is 0 Å². The molecule has 0 N–H and O–H groups in total. The third kappa shape index (κ3) is 0.919. The quantitative estimate of drug-likeness (QED) is 0.477. The lowest BCUT2D eigenvalue weighted by atomic mass is 9.97. The van der Waals surface area contributed by atoms with Gasteiger partial charge in [-0.1, -0.05) is 12.2 Å². The molecule has 0 aromatic heterocycles. The molecule has 0 unspecified atom stereocenters. The van der Waals surface area contributed by atoms with Gasteiger partial charge in [0.2, 0.25) is 0 Å². The van der Waals surface area contributed by atoms with Gasteiger partial charge in [0.05, 0.1) is 5.71 Å². The molecule has 0 saturated carbocycles. The number of hydrogen-bond acceptors (Lipinski definition) is 1. The molecule has 1 aliphatic heterocycles. The van der Waals surface area contributed by atoms with E-state index in [1.165, 1.54) is 5.57 Å². The Balaban J connectivity index is 2.32. The molecule has 1 heterocycles. The molecule has 2 rings (SSSR count). The average molecular weight is 131 g/mol. The highest BCUT2D eigenvalue weighted by Crippen LogP contribution is 2.20. The van der Waals surface area contributed by atoms with E-state index >= 15 is 0 Å². The lowest BCUT2D eigenvalue weighted by Gasteiger charge is -2.14. The maximum atomic E-state index is 4.16. The van der Waals surface area contributed by atoms with Gasteiger partial charge in [0, 0.05) is 0 Å². The van der Waals surface area contributed by atoms with Crippen molar-refractivity contribution in [1.29, 1.82) is 0 Å². The van der Waals surface area contributed by atoms with Crippen LogP contribution in [0.15, 0.2) is 28.8 Å². The number of rotatable bonds is 0. The Morgan fingerprint density at radius 1 is 1.50 bits per heavy atom. The number of hydrogen-bond donors (Lipinski definition) is 0. The minimum atomic E-state index is 0.989. The second kappa shape index (κ2) is 2.41. The summed E-state index contributed by atoms with van der Waals surface area (Å²) in [4.78, 5) is 4.16. The molecule has 1 nitrogen and oxygen atoms in total. The van der Waals surface area contributed by atoms with Gasteiger partial charge in [-0.25, -0.2) is 0 Å². The van der Waals surface area contributed by atoms with Crippen LogP contribution in [0.3, 0.4) is 0 Å².